The Hall–Kier alpha value is -2.00. The minimum Gasteiger partial charge on any atom is -0.476 e. The maximum absolute atomic E-state index is 11.7. The van der Waals surface area contributed by atoms with Crippen LogP contribution in [0.15, 0.2) is 5.51 Å². The molecule has 1 rings (SSSR count). The zero-order valence-corrected chi connectivity index (χ0v) is 14.1. The zero-order valence-electron chi connectivity index (χ0n) is 13.3. The number of nitrogens with two attached hydrogens (primary N) is 1. The average molecular weight is 343 g/mol. The van der Waals surface area contributed by atoms with E-state index in [1.54, 1.807) is 20.8 Å². The van der Waals surface area contributed by atoms with Crippen molar-refractivity contribution in [2.75, 3.05) is 0 Å². The first-order valence-corrected chi connectivity index (χ1v) is 7.88. The second kappa shape index (κ2) is 8.02. The number of nitrogens with one attached hydrogen (secondary N) is 1. The first-order valence-electron chi connectivity index (χ1n) is 7.00. The molecule has 0 aliphatic carbocycles. The summed E-state index contributed by atoms with van der Waals surface area (Å²) < 4.78 is 5.16. The summed E-state index contributed by atoms with van der Waals surface area (Å²) in [5.74, 6) is -2.17. The number of carboxylic acid groups (broad SMARTS) is 1. The SMILES string of the molecule is CC(C)(C)OC(=O)CCC(NCc1scnc1C(=O)O)C(N)=O. The number of aromatic nitrogens is 1. The van der Waals surface area contributed by atoms with Crippen LogP contribution in [-0.4, -0.2) is 39.6 Å². The van der Waals surface area contributed by atoms with E-state index < -0.39 is 29.5 Å². The summed E-state index contributed by atoms with van der Waals surface area (Å²) in [7, 11) is 0. The lowest BCUT2D eigenvalue weighted by Crippen LogP contribution is -2.41. The van der Waals surface area contributed by atoms with Gasteiger partial charge in [0.1, 0.15) is 5.60 Å². The summed E-state index contributed by atoms with van der Waals surface area (Å²) in [5, 5.41) is 11.8. The molecule has 4 N–H and O–H groups in total. The van der Waals surface area contributed by atoms with Crippen molar-refractivity contribution in [1.82, 2.24) is 10.3 Å². The summed E-state index contributed by atoms with van der Waals surface area (Å²) in [5.41, 5.74) is 6.07. The molecule has 0 saturated heterocycles. The molecule has 23 heavy (non-hydrogen) atoms. The van der Waals surface area contributed by atoms with E-state index in [1.165, 1.54) is 16.8 Å². The van der Waals surface area contributed by atoms with Gasteiger partial charge in [-0.3, -0.25) is 9.59 Å². The van der Waals surface area contributed by atoms with Crippen LogP contribution >= 0.6 is 11.3 Å². The van der Waals surface area contributed by atoms with Gasteiger partial charge >= 0.3 is 11.9 Å². The van der Waals surface area contributed by atoms with Crippen molar-refractivity contribution in [3.8, 4) is 0 Å². The van der Waals surface area contributed by atoms with Crippen LogP contribution in [0.2, 0.25) is 0 Å². The van der Waals surface area contributed by atoms with Gasteiger partial charge in [0.05, 0.1) is 16.4 Å². The second-order valence-electron chi connectivity index (χ2n) is 5.89. The largest absolute Gasteiger partial charge is 0.476 e. The summed E-state index contributed by atoms with van der Waals surface area (Å²) in [6, 6.07) is -0.758. The molecule has 0 bridgehead atoms. The van der Waals surface area contributed by atoms with Gasteiger partial charge in [-0.15, -0.1) is 11.3 Å². The fourth-order valence-electron chi connectivity index (χ4n) is 1.79. The number of aromatic carboxylic acids is 1. The molecule has 1 aromatic heterocycles. The molecule has 9 heteroatoms. The Morgan fingerprint density at radius 2 is 2.09 bits per heavy atom. The number of hydrogen-bond donors (Lipinski definition) is 3. The third kappa shape index (κ3) is 6.74. The molecule has 0 spiro atoms. The van der Waals surface area contributed by atoms with Crippen molar-refractivity contribution in [2.24, 2.45) is 5.73 Å². The number of esters is 1. The highest BCUT2D eigenvalue weighted by Crippen LogP contribution is 2.14. The van der Waals surface area contributed by atoms with Crippen molar-refractivity contribution in [2.45, 2.75) is 51.8 Å². The highest BCUT2D eigenvalue weighted by atomic mass is 32.1. The molecule has 0 aliphatic rings. The highest BCUT2D eigenvalue weighted by molar-refractivity contribution is 7.09. The summed E-state index contributed by atoms with van der Waals surface area (Å²) >= 11 is 1.17. The van der Waals surface area contributed by atoms with E-state index in [9.17, 15) is 14.4 Å². The maximum Gasteiger partial charge on any atom is 0.355 e. The van der Waals surface area contributed by atoms with Crippen LogP contribution in [0.3, 0.4) is 0 Å². The quantitative estimate of drug-likeness (QED) is 0.598. The van der Waals surface area contributed by atoms with E-state index >= 15 is 0 Å². The molecule has 1 amide bonds. The maximum atomic E-state index is 11.7. The highest BCUT2D eigenvalue weighted by Gasteiger charge is 2.21. The predicted molar refractivity (Wildman–Crippen MR) is 84.0 cm³/mol. The van der Waals surface area contributed by atoms with Gasteiger partial charge in [-0.25, -0.2) is 9.78 Å². The number of ether oxygens (including phenoxy) is 1. The molecule has 1 atom stereocenters. The number of nitrogens with zero attached hydrogens (tertiary/aromatic N) is 1. The van der Waals surface area contributed by atoms with Crippen molar-refractivity contribution < 1.29 is 24.2 Å². The van der Waals surface area contributed by atoms with E-state index in [0.717, 1.165) is 0 Å². The average Bonchev–Trinajstić information content (AvgIpc) is 2.84. The minimum atomic E-state index is -1.13. The summed E-state index contributed by atoms with van der Waals surface area (Å²) in [4.78, 5) is 38.3. The van der Waals surface area contributed by atoms with Crippen LogP contribution in [0.4, 0.5) is 0 Å². The topological polar surface area (TPSA) is 132 Å². The van der Waals surface area contributed by atoms with Gasteiger partial charge in [0.25, 0.3) is 0 Å². The van der Waals surface area contributed by atoms with Gasteiger partial charge in [0.15, 0.2) is 5.69 Å². The van der Waals surface area contributed by atoms with Gasteiger partial charge in [-0.05, 0) is 27.2 Å². The Morgan fingerprint density at radius 1 is 1.43 bits per heavy atom. The minimum absolute atomic E-state index is 0.0341. The van der Waals surface area contributed by atoms with Gasteiger partial charge < -0.3 is 20.9 Å². The molecule has 1 unspecified atom stereocenters. The third-order valence-electron chi connectivity index (χ3n) is 2.75. The normalized spacial score (nSPS) is 12.7. The number of amides is 1. The summed E-state index contributed by atoms with van der Waals surface area (Å²) in [6.45, 7) is 5.40. The third-order valence-corrected chi connectivity index (χ3v) is 3.59. The number of carboxylic acids is 1. The molecule has 0 saturated carbocycles. The Labute approximate surface area is 138 Å². The Bertz CT molecular complexity index is 579. The van der Waals surface area contributed by atoms with Crippen molar-refractivity contribution in [1.29, 1.82) is 0 Å². The van der Waals surface area contributed by atoms with E-state index in [-0.39, 0.29) is 25.1 Å². The second-order valence-corrected chi connectivity index (χ2v) is 6.83. The van der Waals surface area contributed by atoms with Gasteiger partial charge in [0.2, 0.25) is 5.91 Å². The first-order chi connectivity index (χ1) is 10.6. The Kier molecular flexibility index (Phi) is 6.64. The molecule has 128 valence electrons. The lowest BCUT2D eigenvalue weighted by molar-refractivity contribution is -0.155. The van der Waals surface area contributed by atoms with E-state index in [1.807, 2.05) is 0 Å². The van der Waals surface area contributed by atoms with Crippen LogP contribution in [0.25, 0.3) is 0 Å². The molecule has 8 nitrogen and oxygen atoms in total. The zero-order chi connectivity index (χ0) is 17.6. The van der Waals surface area contributed by atoms with E-state index in [2.05, 4.69) is 10.3 Å². The molecule has 0 fully saturated rings. The molecular formula is C14H21N3O5S. The lowest BCUT2D eigenvalue weighted by Gasteiger charge is -2.20. The van der Waals surface area contributed by atoms with Crippen LogP contribution in [0.5, 0.6) is 0 Å². The number of hydrogen-bond acceptors (Lipinski definition) is 7. The van der Waals surface area contributed by atoms with Crippen LogP contribution < -0.4 is 11.1 Å². The fourth-order valence-corrected chi connectivity index (χ4v) is 2.49. The molecule has 0 radical (unpaired) electrons. The number of carbonyl (C=O) groups is 3. The Morgan fingerprint density at radius 3 is 2.61 bits per heavy atom. The van der Waals surface area contributed by atoms with Gasteiger partial charge in [-0.2, -0.15) is 0 Å². The van der Waals surface area contributed by atoms with Gasteiger partial charge in [0, 0.05) is 13.0 Å². The van der Waals surface area contributed by atoms with E-state index in [0.29, 0.717) is 4.88 Å². The molecular weight excluding hydrogens is 322 g/mol. The lowest BCUT2D eigenvalue weighted by atomic mass is 10.1. The van der Waals surface area contributed by atoms with E-state index in [4.69, 9.17) is 15.6 Å². The smallest absolute Gasteiger partial charge is 0.355 e. The van der Waals surface area contributed by atoms with Crippen LogP contribution in [0.1, 0.15) is 49.0 Å². The van der Waals surface area contributed by atoms with Crippen LogP contribution in [-0.2, 0) is 20.9 Å². The number of carbonyl (C=O) groups excluding carboxylic acids is 2. The predicted octanol–water partition coefficient (Wildman–Crippen LogP) is 0.907. The fraction of sp³-hybridized carbons (Fsp3) is 0.571. The monoisotopic (exact) mass is 343 g/mol. The van der Waals surface area contributed by atoms with Crippen molar-refractivity contribution in [3.63, 3.8) is 0 Å². The van der Waals surface area contributed by atoms with Crippen molar-refractivity contribution >= 4 is 29.2 Å². The first kappa shape index (κ1) is 19.0. The molecule has 0 aliphatic heterocycles. The Balaban J connectivity index is 2.56. The van der Waals surface area contributed by atoms with Crippen LogP contribution in [0, 0.1) is 0 Å². The number of thiazole rings is 1. The number of primary amides is 1. The molecule has 1 heterocycles. The standard InChI is InChI=1S/C14H21N3O5S/c1-14(2,3)22-10(18)5-4-8(12(15)19)16-6-9-11(13(20)21)17-7-23-9/h7-8,16H,4-6H2,1-3H3,(H2,15,19)(H,20,21). The summed E-state index contributed by atoms with van der Waals surface area (Å²) in [6.07, 6.45) is 0.206. The molecule has 0 aromatic carbocycles. The molecule has 1 aromatic rings. The van der Waals surface area contributed by atoms with Crippen molar-refractivity contribution in [3.05, 3.63) is 16.1 Å². The van der Waals surface area contributed by atoms with Gasteiger partial charge in [-0.1, -0.05) is 0 Å². The number of rotatable bonds is 8.